The van der Waals surface area contributed by atoms with Crippen molar-refractivity contribution in [1.29, 1.82) is 0 Å². The van der Waals surface area contributed by atoms with Crippen molar-refractivity contribution in [2.75, 3.05) is 37.7 Å². The highest BCUT2D eigenvalue weighted by Gasteiger charge is 2.37. The number of anilines is 1. The molecule has 2 unspecified atom stereocenters. The number of hydrogen-bond donors (Lipinski definition) is 0. The monoisotopic (exact) mass is 644 g/mol. The van der Waals surface area contributed by atoms with Crippen molar-refractivity contribution in [3.63, 3.8) is 0 Å². The standard InChI is InChI=1S/C38H50N2O4P.CH3/c1-4-37(41)39(34-16-10-7-11-17-34)35-23-26-40(27-24-35,25-22-31-13-8-6-9-14-31)29-33(15-12-28-44-30(3)43-5-2)38(42)32-18-20-36(45)21-19-32;/h6-11,13-14,16-21,29-30,35H,4-5,12,15,22-28,45H2,1-3H3;1H3/q+1;-1/b33-29+;. The van der Waals surface area contributed by atoms with E-state index >= 15 is 0 Å². The van der Waals surface area contributed by atoms with E-state index in [-0.39, 0.29) is 31.4 Å². The first-order valence-corrected chi connectivity index (χ1v) is 17.0. The first kappa shape index (κ1) is 37.3. The van der Waals surface area contributed by atoms with E-state index in [0.717, 1.165) is 61.9 Å². The topological polar surface area (TPSA) is 55.8 Å². The molecule has 248 valence electrons. The predicted octanol–water partition coefficient (Wildman–Crippen LogP) is 7.55. The molecule has 0 saturated carbocycles. The summed E-state index contributed by atoms with van der Waals surface area (Å²) >= 11 is 0. The van der Waals surface area contributed by atoms with Crippen molar-refractivity contribution in [2.45, 2.75) is 71.6 Å². The van der Waals surface area contributed by atoms with Gasteiger partial charge in [-0.2, -0.15) is 0 Å². The molecule has 4 rings (SSSR count). The molecule has 0 spiro atoms. The average molecular weight is 645 g/mol. The molecule has 1 aliphatic rings. The summed E-state index contributed by atoms with van der Waals surface area (Å²) in [6.45, 7) is 9.53. The van der Waals surface area contributed by atoms with Crippen molar-refractivity contribution in [1.82, 2.24) is 0 Å². The number of hydrogen-bond acceptors (Lipinski definition) is 4. The molecule has 1 aliphatic heterocycles. The number of piperidine rings is 1. The lowest BCUT2D eigenvalue weighted by atomic mass is 9.95. The maximum absolute atomic E-state index is 14.1. The minimum absolute atomic E-state index is 0. The van der Waals surface area contributed by atoms with Gasteiger partial charge >= 0.3 is 0 Å². The Balaban J connectivity index is 0.00000576. The molecule has 3 aromatic rings. The second kappa shape index (κ2) is 18.9. The van der Waals surface area contributed by atoms with Crippen LogP contribution in [0.1, 0.15) is 68.8 Å². The highest BCUT2D eigenvalue weighted by Crippen LogP contribution is 2.30. The molecule has 0 N–H and O–H groups in total. The largest absolute Gasteiger partial charge is 0.358 e. The van der Waals surface area contributed by atoms with Gasteiger partial charge in [0, 0.05) is 49.6 Å². The van der Waals surface area contributed by atoms with E-state index < -0.39 is 0 Å². The Morgan fingerprint density at radius 1 is 0.935 bits per heavy atom. The summed E-state index contributed by atoms with van der Waals surface area (Å²) in [5.74, 6) is 0.227. The molecule has 0 aliphatic carbocycles. The van der Waals surface area contributed by atoms with Crippen LogP contribution in [-0.2, 0) is 20.7 Å². The third kappa shape index (κ3) is 10.7. The van der Waals surface area contributed by atoms with Crippen LogP contribution in [0.3, 0.4) is 0 Å². The second-order valence-corrected chi connectivity index (χ2v) is 12.6. The van der Waals surface area contributed by atoms with Gasteiger partial charge in [-0.15, -0.1) is 9.24 Å². The van der Waals surface area contributed by atoms with Gasteiger partial charge in [-0.3, -0.25) is 14.1 Å². The van der Waals surface area contributed by atoms with Gasteiger partial charge in [0.1, 0.15) is 6.20 Å². The maximum atomic E-state index is 14.1. The fourth-order valence-corrected chi connectivity index (χ4v) is 6.43. The molecule has 7 heteroatoms. The fourth-order valence-electron chi connectivity index (χ4n) is 6.24. The quantitative estimate of drug-likeness (QED) is 0.0308. The summed E-state index contributed by atoms with van der Waals surface area (Å²) in [5, 5.41) is 1.05. The maximum Gasteiger partial charge on any atom is 0.226 e. The smallest absolute Gasteiger partial charge is 0.226 e. The summed E-state index contributed by atoms with van der Waals surface area (Å²) in [6, 6.07) is 28.5. The van der Waals surface area contributed by atoms with E-state index in [0.29, 0.717) is 36.1 Å². The molecule has 1 amide bonds. The highest BCUT2D eigenvalue weighted by atomic mass is 31.0. The molecule has 0 radical (unpaired) electrons. The molecule has 0 aromatic heterocycles. The predicted molar refractivity (Wildman–Crippen MR) is 193 cm³/mol. The summed E-state index contributed by atoms with van der Waals surface area (Å²) < 4.78 is 12.1. The van der Waals surface area contributed by atoms with Gasteiger partial charge in [0.25, 0.3) is 0 Å². The number of amides is 1. The number of likely N-dealkylation sites (tertiary alicyclic amines) is 1. The number of quaternary nitrogens is 1. The first-order valence-electron chi connectivity index (χ1n) is 16.5. The molecule has 2 atom stereocenters. The zero-order chi connectivity index (χ0) is 32.1. The Kier molecular flexibility index (Phi) is 15.3. The third-order valence-electron chi connectivity index (χ3n) is 8.71. The van der Waals surface area contributed by atoms with E-state index in [2.05, 4.69) is 39.7 Å². The number of nitrogens with zero attached hydrogens (tertiary/aromatic N) is 2. The van der Waals surface area contributed by atoms with E-state index in [4.69, 9.17) is 9.47 Å². The van der Waals surface area contributed by atoms with Gasteiger partial charge in [0.15, 0.2) is 12.1 Å². The number of para-hydroxylation sites is 1. The van der Waals surface area contributed by atoms with Gasteiger partial charge in [-0.05, 0) is 49.7 Å². The molecule has 6 nitrogen and oxygen atoms in total. The van der Waals surface area contributed by atoms with Crippen molar-refractivity contribution in [2.24, 2.45) is 0 Å². The molecular formula is C39H53N2O4P. The van der Waals surface area contributed by atoms with Crippen molar-refractivity contribution in [3.05, 3.63) is 115 Å². The third-order valence-corrected chi connectivity index (χ3v) is 9.10. The van der Waals surface area contributed by atoms with E-state index in [9.17, 15) is 9.59 Å². The van der Waals surface area contributed by atoms with E-state index in [1.165, 1.54) is 5.56 Å². The summed E-state index contributed by atoms with van der Waals surface area (Å²) in [6.07, 6.45) is 6.46. The van der Waals surface area contributed by atoms with Crippen molar-refractivity contribution in [3.8, 4) is 0 Å². The van der Waals surface area contributed by atoms with Gasteiger partial charge in [-0.1, -0.05) is 79.7 Å². The Labute approximate surface area is 279 Å². The SMILES string of the molecule is CCOC(C)OCCC/C(=C\[N+]1(CCc2ccccc2)CCC(N(C(=O)CC)c2ccccc2)CC1)C(=O)c1ccc(P)cc1.[CH3-]. The van der Waals surface area contributed by atoms with E-state index in [1.54, 1.807) is 0 Å². The van der Waals surface area contributed by atoms with Crippen molar-refractivity contribution >= 4 is 31.9 Å². The number of ketones is 1. The van der Waals surface area contributed by atoms with Crippen LogP contribution in [0.5, 0.6) is 0 Å². The number of rotatable bonds is 16. The van der Waals surface area contributed by atoms with Gasteiger partial charge in [0.05, 0.1) is 31.8 Å². The Hall–Kier alpha value is -3.15. The van der Waals surface area contributed by atoms with Crippen molar-refractivity contribution < 1.29 is 23.5 Å². The minimum Gasteiger partial charge on any atom is -0.358 e. The molecule has 3 aromatic carbocycles. The Morgan fingerprint density at radius 3 is 2.17 bits per heavy atom. The van der Waals surface area contributed by atoms with Crippen LogP contribution in [0.2, 0.25) is 0 Å². The Morgan fingerprint density at radius 2 is 1.57 bits per heavy atom. The Bertz CT molecular complexity index is 1370. The lowest BCUT2D eigenvalue weighted by molar-refractivity contribution is -0.884. The number of benzene rings is 3. The molecule has 1 heterocycles. The molecular weight excluding hydrogens is 591 g/mol. The van der Waals surface area contributed by atoms with Crippen LogP contribution in [0.15, 0.2) is 96.7 Å². The number of carbonyl (C=O) groups excluding carboxylic acids is 2. The zero-order valence-electron chi connectivity index (χ0n) is 28.2. The van der Waals surface area contributed by atoms with Gasteiger partial charge < -0.3 is 21.8 Å². The van der Waals surface area contributed by atoms with Gasteiger partial charge in [-0.25, -0.2) is 0 Å². The van der Waals surface area contributed by atoms with E-state index in [1.807, 2.05) is 86.3 Å². The number of allylic oxidation sites excluding steroid dienone is 1. The van der Waals surface area contributed by atoms with Crippen LogP contribution in [0.4, 0.5) is 5.69 Å². The number of ether oxygens (including phenoxy) is 2. The number of Topliss-reactive ketones (excluding diaryl/α,β-unsaturated/α-hetero) is 1. The normalized spacial score (nSPS) is 18.8. The molecule has 0 bridgehead atoms. The zero-order valence-corrected chi connectivity index (χ0v) is 29.4. The average Bonchev–Trinajstić information content (AvgIpc) is 3.07. The fraction of sp³-hybridized carbons (Fsp3) is 0.410. The molecule has 1 saturated heterocycles. The highest BCUT2D eigenvalue weighted by molar-refractivity contribution is 7.27. The second-order valence-electron chi connectivity index (χ2n) is 11.9. The lowest BCUT2D eigenvalue weighted by Crippen LogP contribution is -2.55. The number of carbonyl (C=O) groups is 2. The van der Waals surface area contributed by atoms with Crippen LogP contribution in [0, 0.1) is 7.43 Å². The van der Waals surface area contributed by atoms with Gasteiger partial charge in [0.2, 0.25) is 5.91 Å². The summed E-state index contributed by atoms with van der Waals surface area (Å²) in [4.78, 5) is 29.3. The summed E-state index contributed by atoms with van der Waals surface area (Å²) in [5.41, 5.74) is 3.79. The first-order chi connectivity index (χ1) is 21.8. The minimum atomic E-state index is -0.269. The van der Waals surface area contributed by atoms with Crippen LogP contribution in [-0.4, -0.2) is 61.4 Å². The van der Waals surface area contributed by atoms with Crippen LogP contribution in [0.25, 0.3) is 0 Å². The molecule has 1 fully saturated rings. The van der Waals surface area contributed by atoms with Crippen LogP contribution >= 0.6 is 9.24 Å². The van der Waals surface area contributed by atoms with Crippen LogP contribution < -0.4 is 10.2 Å². The summed E-state index contributed by atoms with van der Waals surface area (Å²) in [7, 11) is 2.69. The lowest BCUT2D eigenvalue weighted by Gasteiger charge is -2.44. The molecule has 46 heavy (non-hydrogen) atoms.